The molecule has 3 aromatic heterocycles. The molecule has 1 aliphatic heterocycles. The van der Waals surface area contributed by atoms with Gasteiger partial charge in [0.25, 0.3) is 5.89 Å². The van der Waals surface area contributed by atoms with E-state index in [9.17, 15) is 4.79 Å². The maximum atomic E-state index is 12.5. The van der Waals surface area contributed by atoms with Crippen LogP contribution in [0.3, 0.4) is 0 Å². The molecule has 4 aromatic rings. The number of nitrogens with zero attached hydrogens (tertiary/aromatic N) is 6. The summed E-state index contributed by atoms with van der Waals surface area (Å²) in [6.45, 7) is 3.71. The molecular weight excluding hydrogens is 442 g/mol. The van der Waals surface area contributed by atoms with Gasteiger partial charge in [-0.15, -0.1) is 0 Å². The molecule has 0 bridgehead atoms. The lowest BCUT2D eigenvalue weighted by Gasteiger charge is -2.28. The van der Waals surface area contributed by atoms with Gasteiger partial charge in [-0.25, -0.2) is 19.6 Å². The Balaban J connectivity index is 1.28. The molecule has 0 spiro atoms. The first kappa shape index (κ1) is 21.4. The Morgan fingerprint density at radius 1 is 1.15 bits per heavy atom. The number of benzene rings is 1. The van der Waals surface area contributed by atoms with Crippen LogP contribution in [0.15, 0.2) is 52.3 Å². The number of anilines is 1. The number of hydrogen-bond donors (Lipinski definition) is 1. The zero-order chi connectivity index (χ0) is 22.6. The Morgan fingerprint density at radius 3 is 2.76 bits per heavy atom. The average Bonchev–Trinajstić information content (AvgIpc) is 3.52. The average molecular weight is 466 g/mol. The van der Waals surface area contributed by atoms with Gasteiger partial charge in [0, 0.05) is 25.2 Å². The molecule has 1 fully saturated rings. The van der Waals surface area contributed by atoms with Crippen molar-refractivity contribution in [3.8, 4) is 11.3 Å². The summed E-state index contributed by atoms with van der Waals surface area (Å²) in [5, 5.41) is 8.91. The smallest absolute Gasteiger partial charge is 0.307 e. The first-order chi connectivity index (χ1) is 16.2. The number of thioether (sulfide) groups is 1. The fourth-order valence-corrected chi connectivity index (χ4v) is 4.01. The van der Waals surface area contributed by atoms with Crippen LogP contribution in [0.1, 0.15) is 10.7 Å². The first-order valence-electron chi connectivity index (χ1n) is 10.6. The summed E-state index contributed by atoms with van der Waals surface area (Å²) in [5.41, 5.74) is 1.61. The van der Waals surface area contributed by atoms with Crippen LogP contribution in [0.5, 0.6) is 0 Å². The lowest BCUT2D eigenvalue weighted by atomic mass is 10.2. The third-order valence-corrected chi connectivity index (χ3v) is 5.86. The van der Waals surface area contributed by atoms with E-state index in [4.69, 9.17) is 14.1 Å². The van der Waals surface area contributed by atoms with Gasteiger partial charge in [0.2, 0.25) is 0 Å². The van der Waals surface area contributed by atoms with Gasteiger partial charge in [-0.1, -0.05) is 42.1 Å². The van der Waals surface area contributed by atoms with Gasteiger partial charge in [-0.3, -0.25) is 4.79 Å². The van der Waals surface area contributed by atoms with Crippen molar-refractivity contribution in [1.29, 1.82) is 0 Å². The molecule has 4 heterocycles. The van der Waals surface area contributed by atoms with Crippen LogP contribution in [0, 0.1) is 0 Å². The van der Waals surface area contributed by atoms with Crippen LogP contribution in [-0.4, -0.2) is 69.7 Å². The molecule has 1 N–H and O–H groups in total. The van der Waals surface area contributed by atoms with Crippen molar-refractivity contribution in [3.05, 3.63) is 48.6 Å². The van der Waals surface area contributed by atoms with Crippen LogP contribution in [-0.2, 0) is 11.3 Å². The molecule has 33 heavy (non-hydrogen) atoms. The first-order valence-corrected chi connectivity index (χ1v) is 11.8. The molecule has 1 aliphatic rings. The van der Waals surface area contributed by atoms with E-state index in [1.54, 1.807) is 17.1 Å². The minimum absolute atomic E-state index is 0.0285. The molecule has 0 saturated carbocycles. The zero-order valence-corrected chi connectivity index (χ0v) is 18.9. The van der Waals surface area contributed by atoms with Crippen molar-refractivity contribution in [3.63, 3.8) is 0 Å². The summed E-state index contributed by atoms with van der Waals surface area (Å²) < 4.78 is 12.9. The van der Waals surface area contributed by atoms with E-state index in [2.05, 4.69) is 25.3 Å². The lowest BCUT2D eigenvalue weighted by molar-refractivity contribution is 0.0918. The third kappa shape index (κ3) is 4.55. The number of aromatic nitrogens is 5. The number of oxazole rings is 1. The highest BCUT2D eigenvalue weighted by Gasteiger charge is 2.20. The van der Waals surface area contributed by atoms with E-state index in [-0.39, 0.29) is 11.8 Å². The van der Waals surface area contributed by atoms with Gasteiger partial charge in [-0.05, 0) is 6.26 Å². The molecule has 0 atom stereocenters. The molecule has 1 saturated heterocycles. The number of morpholine rings is 1. The number of ether oxygens (including phenoxy) is 1. The molecule has 1 aromatic carbocycles. The van der Waals surface area contributed by atoms with Crippen LogP contribution in [0.2, 0.25) is 0 Å². The fraction of sp³-hybridized carbons (Fsp3) is 0.318. The molecule has 0 unspecified atom stereocenters. The minimum atomic E-state index is -0.373. The van der Waals surface area contributed by atoms with E-state index in [1.165, 1.54) is 11.8 Å². The Kier molecular flexibility index (Phi) is 6.22. The quantitative estimate of drug-likeness (QED) is 0.325. The van der Waals surface area contributed by atoms with E-state index < -0.39 is 0 Å². The molecule has 0 radical (unpaired) electrons. The number of nitrogens with one attached hydrogen (secondary N) is 1. The summed E-state index contributed by atoms with van der Waals surface area (Å²) >= 11 is 1.49. The lowest BCUT2D eigenvalue weighted by Crippen LogP contribution is -2.37. The number of carbonyl (C=O) groups excluding carboxylic acids is 1. The monoisotopic (exact) mass is 465 g/mol. The second-order valence-electron chi connectivity index (χ2n) is 7.39. The Morgan fingerprint density at radius 2 is 1.97 bits per heavy atom. The molecule has 0 aliphatic carbocycles. The van der Waals surface area contributed by atoms with Crippen LogP contribution >= 0.6 is 11.8 Å². The second-order valence-corrected chi connectivity index (χ2v) is 8.16. The summed E-state index contributed by atoms with van der Waals surface area (Å²) in [7, 11) is 0. The molecule has 10 nitrogen and oxygen atoms in total. The van der Waals surface area contributed by atoms with Crippen molar-refractivity contribution in [1.82, 2.24) is 30.0 Å². The standard InChI is InChI=1S/C22H23N7O3S/c1-33-22-26-18(28-9-11-31-12-10-28)16-13-25-29(19(16)27-22)8-7-23-20(30)21-24-14-17(32-21)15-5-3-2-4-6-15/h2-6,13-14H,7-12H2,1H3,(H,23,30). The van der Waals surface area contributed by atoms with E-state index in [1.807, 2.05) is 36.6 Å². The highest BCUT2D eigenvalue weighted by atomic mass is 32.2. The Labute approximate surface area is 194 Å². The number of amides is 1. The molecule has 11 heteroatoms. The van der Waals surface area contributed by atoms with Crippen molar-refractivity contribution in [2.24, 2.45) is 0 Å². The summed E-state index contributed by atoms with van der Waals surface area (Å²) in [4.78, 5) is 28.2. The molecule has 170 valence electrons. The maximum Gasteiger partial charge on any atom is 0.307 e. The number of rotatable bonds is 7. The second kappa shape index (κ2) is 9.59. The highest BCUT2D eigenvalue weighted by molar-refractivity contribution is 7.98. The van der Waals surface area contributed by atoms with Gasteiger partial charge in [0.1, 0.15) is 5.82 Å². The zero-order valence-electron chi connectivity index (χ0n) is 18.1. The van der Waals surface area contributed by atoms with Crippen LogP contribution < -0.4 is 10.2 Å². The Hall–Kier alpha value is -3.44. The predicted octanol–water partition coefficient (Wildman–Crippen LogP) is 2.47. The Bertz CT molecular complexity index is 1250. The van der Waals surface area contributed by atoms with Gasteiger partial charge >= 0.3 is 5.91 Å². The van der Waals surface area contributed by atoms with Crippen LogP contribution in [0.4, 0.5) is 5.82 Å². The third-order valence-electron chi connectivity index (χ3n) is 5.32. The van der Waals surface area contributed by atoms with E-state index >= 15 is 0 Å². The summed E-state index contributed by atoms with van der Waals surface area (Å²) in [6, 6.07) is 9.54. The highest BCUT2D eigenvalue weighted by Crippen LogP contribution is 2.27. The normalized spacial score (nSPS) is 14.0. The summed E-state index contributed by atoms with van der Waals surface area (Å²) in [6.07, 6.45) is 5.29. The van der Waals surface area contributed by atoms with Gasteiger partial charge in [-0.2, -0.15) is 5.10 Å². The number of fused-ring (bicyclic) bond motifs is 1. The predicted molar refractivity (Wildman–Crippen MR) is 124 cm³/mol. The van der Waals surface area contributed by atoms with Crippen molar-refractivity contribution in [2.75, 3.05) is 44.0 Å². The van der Waals surface area contributed by atoms with Crippen molar-refractivity contribution < 1.29 is 13.9 Å². The van der Waals surface area contributed by atoms with E-state index in [0.717, 1.165) is 35.5 Å². The maximum absolute atomic E-state index is 12.5. The largest absolute Gasteiger partial charge is 0.432 e. The fourth-order valence-electron chi connectivity index (χ4n) is 3.66. The van der Waals surface area contributed by atoms with E-state index in [0.29, 0.717) is 37.2 Å². The molecule has 5 rings (SSSR count). The minimum Gasteiger partial charge on any atom is -0.432 e. The van der Waals surface area contributed by atoms with Gasteiger partial charge in [0.15, 0.2) is 16.6 Å². The number of carbonyl (C=O) groups is 1. The van der Waals surface area contributed by atoms with Crippen molar-refractivity contribution >= 4 is 34.5 Å². The molecule has 1 amide bonds. The van der Waals surface area contributed by atoms with Crippen molar-refractivity contribution in [2.45, 2.75) is 11.7 Å². The summed E-state index contributed by atoms with van der Waals surface area (Å²) in [5.74, 6) is 1.08. The molecular formula is C22H23N7O3S. The SMILES string of the molecule is CSc1nc(N2CCOCC2)c2cnn(CCNC(=O)c3ncc(-c4ccccc4)o3)c2n1. The van der Waals surface area contributed by atoms with Gasteiger partial charge < -0.3 is 19.4 Å². The topological polar surface area (TPSA) is 111 Å². The van der Waals surface area contributed by atoms with Crippen LogP contribution in [0.25, 0.3) is 22.4 Å². The van der Waals surface area contributed by atoms with Gasteiger partial charge in [0.05, 0.1) is 37.5 Å². The number of hydrogen-bond acceptors (Lipinski definition) is 9.